The first-order valence-corrected chi connectivity index (χ1v) is 7.91. The smallest absolute Gasteiger partial charge is 0.0685 e. The molecule has 22 heavy (non-hydrogen) atoms. The van der Waals surface area contributed by atoms with E-state index in [4.69, 9.17) is 4.74 Å². The van der Waals surface area contributed by atoms with Gasteiger partial charge in [0.1, 0.15) is 0 Å². The molecule has 1 saturated heterocycles. The van der Waals surface area contributed by atoms with Crippen molar-refractivity contribution in [3.63, 3.8) is 0 Å². The zero-order valence-corrected chi connectivity index (χ0v) is 12.9. The summed E-state index contributed by atoms with van der Waals surface area (Å²) in [4.78, 5) is 2.51. The summed E-state index contributed by atoms with van der Waals surface area (Å²) in [7, 11) is 0. The van der Waals surface area contributed by atoms with Crippen LogP contribution in [-0.4, -0.2) is 31.2 Å². The van der Waals surface area contributed by atoms with Crippen molar-refractivity contribution in [2.75, 3.05) is 26.3 Å². The number of hydrogen-bond donors (Lipinski definition) is 0. The van der Waals surface area contributed by atoms with Crippen LogP contribution in [0.25, 0.3) is 0 Å². The lowest BCUT2D eigenvalue weighted by Gasteiger charge is -2.44. The number of rotatable bonds is 5. The summed E-state index contributed by atoms with van der Waals surface area (Å²) in [6.07, 6.45) is 3.04. The van der Waals surface area contributed by atoms with Crippen LogP contribution < -0.4 is 0 Å². The van der Waals surface area contributed by atoms with Crippen LogP contribution in [0, 0.1) is 0 Å². The van der Waals surface area contributed by atoms with Crippen molar-refractivity contribution in [3.05, 3.63) is 84.4 Å². The molecule has 1 aliphatic rings. The standard InChI is InChI=1S/C20H23NO/c1-2-20(19-11-7-4-8-12-19,21-13-15-22-16-14-21)17-18-9-5-3-6-10-18/h2-12H,1,13-17H2. The van der Waals surface area contributed by atoms with E-state index in [0.29, 0.717) is 0 Å². The van der Waals surface area contributed by atoms with E-state index < -0.39 is 0 Å². The zero-order chi connectivity index (χ0) is 15.3. The predicted octanol–water partition coefficient (Wildman–Crippen LogP) is 3.64. The Morgan fingerprint density at radius 3 is 2.14 bits per heavy atom. The van der Waals surface area contributed by atoms with Crippen LogP contribution in [0.4, 0.5) is 0 Å². The minimum Gasteiger partial charge on any atom is -0.379 e. The fourth-order valence-corrected chi connectivity index (χ4v) is 3.31. The molecule has 1 aliphatic heterocycles. The van der Waals surface area contributed by atoms with Gasteiger partial charge in [-0.1, -0.05) is 66.7 Å². The van der Waals surface area contributed by atoms with Crippen molar-refractivity contribution < 1.29 is 4.74 Å². The predicted molar refractivity (Wildman–Crippen MR) is 90.9 cm³/mol. The highest BCUT2D eigenvalue weighted by Crippen LogP contribution is 2.34. The normalized spacial score (nSPS) is 18.5. The quantitative estimate of drug-likeness (QED) is 0.780. The molecule has 1 unspecified atom stereocenters. The number of nitrogens with zero attached hydrogens (tertiary/aromatic N) is 1. The summed E-state index contributed by atoms with van der Waals surface area (Å²) in [6, 6.07) is 21.4. The maximum Gasteiger partial charge on any atom is 0.0685 e. The average Bonchev–Trinajstić information content (AvgIpc) is 2.62. The minimum absolute atomic E-state index is 0.174. The summed E-state index contributed by atoms with van der Waals surface area (Å²) < 4.78 is 5.55. The second-order valence-corrected chi connectivity index (χ2v) is 5.76. The third kappa shape index (κ3) is 2.99. The molecular weight excluding hydrogens is 270 g/mol. The molecule has 2 aromatic carbocycles. The van der Waals surface area contributed by atoms with Crippen LogP contribution in [0.1, 0.15) is 11.1 Å². The third-order valence-electron chi connectivity index (χ3n) is 4.50. The van der Waals surface area contributed by atoms with Gasteiger partial charge in [-0.25, -0.2) is 0 Å². The molecule has 0 saturated carbocycles. The summed E-state index contributed by atoms with van der Waals surface area (Å²) in [6.45, 7) is 7.65. The Kier molecular flexibility index (Phi) is 4.71. The van der Waals surface area contributed by atoms with Crippen LogP contribution in [-0.2, 0) is 16.7 Å². The lowest BCUT2D eigenvalue weighted by molar-refractivity contribution is -0.00766. The van der Waals surface area contributed by atoms with E-state index in [-0.39, 0.29) is 5.54 Å². The minimum atomic E-state index is -0.174. The monoisotopic (exact) mass is 293 g/mol. The summed E-state index contributed by atoms with van der Waals surface area (Å²) in [5, 5.41) is 0. The van der Waals surface area contributed by atoms with Crippen molar-refractivity contribution in [1.82, 2.24) is 4.90 Å². The molecule has 1 heterocycles. The Morgan fingerprint density at radius 2 is 1.55 bits per heavy atom. The van der Waals surface area contributed by atoms with E-state index in [1.165, 1.54) is 11.1 Å². The SMILES string of the molecule is C=CC(Cc1ccccc1)(c1ccccc1)N1CCOCC1. The number of ether oxygens (including phenoxy) is 1. The van der Waals surface area contributed by atoms with Gasteiger partial charge >= 0.3 is 0 Å². The highest BCUT2D eigenvalue weighted by Gasteiger charge is 2.36. The summed E-state index contributed by atoms with van der Waals surface area (Å²) in [5.74, 6) is 0. The van der Waals surface area contributed by atoms with E-state index in [2.05, 4.69) is 78.2 Å². The van der Waals surface area contributed by atoms with Crippen LogP contribution in [0.3, 0.4) is 0 Å². The molecule has 2 nitrogen and oxygen atoms in total. The maximum absolute atomic E-state index is 5.55. The van der Waals surface area contributed by atoms with Crippen LogP contribution in [0.2, 0.25) is 0 Å². The number of morpholine rings is 1. The van der Waals surface area contributed by atoms with Gasteiger partial charge in [0.15, 0.2) is 0 Å². The molecule has 0 radical (unpaired) electrons. The molecule has 114 valence electrons. The highest BCUT2D eigenvalue weighted by molar-refractivity contribution is 5.33. The second-order valence-electron chi connectivity index (χ2n) is 5.76. The lowest BCUT2D eigenvalue weighted by atomic mass is 9.82. The first-order valence-electron chi connectivity index (χ1n) is 7.91. The van der Waals surface area contributed by atoms with Crippen molar-refractivity contribution in [1.29, 1.82) is 0 Å². The summed E-state index contributed by atoms with van der Waals surface area (Å²) in [5.41, 5.74) is 2.46. The second kappa shape index (κ2) is 6.91. The lowest BCUT2D eigenvalue weighted by Crippen LogP contribution is -2.51. The molecular formula is C20H23NO. The van der Waals surface area contributed by atoms with Crippen molar-refractivity contribution in [2.24, 2.45) is 0 Å². The van der Waals surface area contributed by atoms with Gasteiger partial charge in [-0.3, -0.25) is 4.90 Å². The van der Waals surface area contributed by atoms with Gasteiger partial charge in [-0.2, -0.15) is 0 Å². The van der Waals surface area contributed by atoms with Crippen LogP contribution in [0.15, 0.2) is 73.3 Å². The first kappa shape index (κ1) is 15.0. The Labute approximate surface area is 133 Å². The van der Waals surface area contributed by atoms with Crippen molar-refractivity contribution >= 4 is 0 Å². The zero-order valence-electron chi connectivity index (χ0n) is 12.9. The molecule has 0 aromatic heterocycles. The average molecular weight is 293 g/mol. The molecule has 0 spiro atoms. The first-order chi connectivity index (χ1) is 10.8. The Morgan fingerprint density at radius 1 is 0.955 bits per heavy atom. The molecule has 1 fully saturated rings. The van der Waals surface area contributed by atoms with Crippen LogP contribution >= 0.6 is 0 Å². The topological polar surface area (TPSA) is 12.5 Å². The Bertz CT molecular complexity index is 590. The summed E-state index contributed by atoms with van der Waals surface area (Å²) >= 11 is 0. The highest BCUT2D eigenvalue weighted by atomic mass is 16.5. The van der Waals surface area contributed by atoms with E-state index in [1.807, 2.05) is 0 Å². The van der Waals surface area contributed by atoms with Crippen LogP contribution in [0.5, 0.6) is 0 Å². The maximum atomic E-state index is 5.55. The Hall–Kier alpha value is -1.90. The molecule has 2 heteroatoms. The van der Waals surface area contributed by atoms with Crippen molar-refractivity contribution in [2.45, 2.75) is 12.0 Å². The largest absolute Gasteiger partial charge is 0.379 e. The Balaban J connectivity index is 2.01. The van der Waals surface area contributed by atoms with Gasteiger partial charge in [-0.15, -0.1) is 6.58 Å². The number of benzene rings is 2. The van der Waals surface area contributed by atoms with Gasteiger partial charge in [0.25, 0.3) is 0 Å². The molecule has 0 bridgehead atoms. The van der Waals surface area contributed by atoms with E-state index in [9.17, 15) is 0 Å². The molecule has 3 rings (SSSR count). The fourth-order valence-electron chi connectivity index (χ4n) is 3.31. The fraction of sp³-hybridized carbons (Fsp3) is 0.300. The molecule has 0 aliphatic carbocycles. The van der Waals surface area contributed by atoms with E-state index in [1.54, 1.807) is 0 Å². The molecule has 0 N–H and O–H groups in total. The number of hydrogen-bond acceptors (Lipinski definition) is 2. The molecule has 2 aromatic rings. The van der Waals surface area contributed by atoms with Crippen molar-refractivity contribution in [3.8, 4) is 0 Å². The molecule has 0 amide bonds. The van der Waals surface area contributed by atoms with Gasteiger partial charge in [0.2, 0.25) is 0 Å². The van der Waals surface area contributed by atoms with Gasteiger partial charge in [-0.05, 0) is 17.5 Å². The third-order valence-corrected chi connectivity index (χ3v) is 4.50. The molecule has 1 atom stereocenters. The van der Waals surface area contributed by atoms with E-state index >= 15 is 0 Å². The van der Waals surface area contributed by atoms with Gasteiger partial charge in [0, 0.05) is 13.1 Å². The van der Waals surface area contributed by atoms with Gasteiger partial charge in [0.05, 0.1) is 18.8 Å². The van der Waals surface area contributed by atoms with E-state index in [0.717, 1.165) is 32.7 Å². The van der Waals surface area contributed by atoms with Gasteiger partial charge < -0.3 is 4.74 Å².